The smallest absolute Gasteiger partial charge is 0.222 e. The summed E-state index contributed by atoms with van der Waals surface area (Å²) in [6.07, 6.45) is 1.05. The van der Waals surface area contributed by atoms with Gasteiger partial charge in [0.1, 0.15) is 0 Å². The normalized spacial score (nSPS) is 13.6. The molecule has 0 rings (SSSR count). The van der Waals surface area contributed by atoms with E-state index in [1.807, 2.05) is 13.8 Å². The van der Waals surface area contributed by atoms with Crippen LogP contribution in [0.15, 0.2) is 0 Å². The molecule has 0 aliphatic rings. The lowest BCUT2D eigenvalue weighted by molar-refractivity contribution is -0.124. The van der Waals surface area contributed by atoms with Gasteiger partial charge in [-0.3, -0.25) is 4.79 Å². The van der Waals surface area contributed by atoms with Gasteiger partial charge in [0.2, 0.25) is 5.91 Å². The molecule has 0 fully saturated rings. The van der Waals surface area contributed by atoms with Crippen LogP contribution in [0.25, 0.3) is 0 Å². The highest BCUT2D eigenvalue weighted by molar-refractivity contribution is 5.78. The fraction of sp³-hybridized carbons (Fsp3) is 0.900. The third-order valence-corrected chi connectivity index (χ3v) is 1.74. The Morgan fingerprint density at radius 1 is 1.17 bits per heavy atom. The van der Waals surface area contributed by atoms with Gasteiger partial charge in [0.05, 0.1) is 0 Å². The Balaban J connectivity index is 3.69. The third kappa shape index (κ3) is 5.16. The van der Waals surface area contributed by atoms with Gasteiger partial charge in [0, 0.05) is 12.0 Å². The number of carbonyl (C=O) groups is 1. The van der Waals surface area contributed by atoms with E-state index in [0.29, 0.717) is 12.0 Å². The van der Waals surface area contributed by atoms with Crippen LogP contribution in [0.3, 0.4) is 0 Å². The molecule has 1 atom stereocenters. The molecule has 0 saturated heterocycles. The summed E-state index contributed by atoms with van der Waals surface area (Å²) >= 11 is 0. The molecule has 0 aromatic rings. The van der Waals surface area contributed by atoms with Crippen molar-refractivity contribution in [2.45, 2.75) is 47.1 Å². The molecule has 0 bridgehead atoms. The second kappa shape index (κ2) is 5.18. The van der Waals surface area contributed by atoms with Crippen LogP contribution in [0.2, 0.25) is 0 Å². The van der Waals surface area contributed by atoms with E-state index in [1.165, 1.54) is 0 Å². The maximum atomic E-state index is 11.2. The SMILES string of the molecule is CC(C)C[C@H](C)NC(=O)C(C)C. The Morgan fingerprint density at radius 2 is 1.67 bits per heavy atom. The van der Waals surface area contributed by atoms with E-state index in [9.17, 15) is 4.79 Å². The van der Waals surface area contributed by atoms with E-state index < -0.39 is 0 Å². The van der Waals surface area contributed by atoms with Gasteiger partial charge in [-0.2, -0.15) is 0 Å². The molecule has 0 aliphatic carbocycles. The van der Waals surface area contributed by atoms with Crippen molar-refractivity contribution in [2.75, 3.05) is 0 Å². The van der Waals surface area contributed by atoms with Crippen LogP contribution in [-0.4, -0.2) is 11.9 Å². The van der Waals surface area contributed by atoms with E-state index in [1.54, 1.807) is 0 Å². The first-order valence-corrected chi connectivity index (χ1v) is 4.73. The van der Waals surface area contributed by atoms with Crippen molar-refractivity contribution in [3.8, 4) is 0 Å². The first-order valence-electron chi connectivity index (χ1n) is 4.73. The summed E-state index contributed by atoms with van der Waals surface area (Å²) in [4.78, 5) is 11.2. The summed E-state index contributed by atoms with van der Waals surface area (Å²) in [7, 11) is 0. The van der Waals surface area contributed by atoms with E-state index >= 15 is 0 Å². The molecule has 0 spiro atoms. The van der Waals surface area contributed by atoms with Crippen LogP contribution in [0.1, 0.15) is 41.0 Å². The van der Waals surface area contributed by atoms with Crippen molar-refractivity contribution < 1.29 is 4.79 Å². The number of amides is 1. The van der Waals surface area contributed by atoms with Crippen LogP contribution in [0.4, 0.5) is 0 Å². The van der Waals surface area contributed by atoms with Crippen LogP contribution in [0, 0.1) is 11.8 Å². The topological polar surface area (TPSA) is 29.1 Å². The average molecular weight is 171 g/mol. The number of hydrogen-bond donors (Lipinski definition) is 1. The van der Waals surface area contributed by atoms with E-state index in [-0.39, 0.29) is 11.8 Å². The lowest BCUT2D eigenvalue weighted by Crippen LogP contribution is -2.36. The molecule has 0 aromatic carbocycles. The molecule has 12 heavy (non-hydrogen) atoms. The zero-order valence-corrected chi connectivity index (χ0v) is 8.85. The summed E-state index contributed by atoms with van der Waals surface area (Å²) in [5.41, 5.74) is 0. The number of rotatable bonds is 4. The second-order valence-corrected chi connectivity index (χ2v) is 4.19. The maximum Gasteiger partial charge on any atom is 0.222 e. The minimum absolute atomic E-state index is 0.0969. The Bertz CT molecular complexity index is 141. The largest absolute Gasteiger partial charge is 0.353 e. The van der Waals surface area contributed by atoms with E-state index in [0.717, 1.165) is 6.42 Å². The molecular formula is C10H21NO. The molecule has 0 saturated carbocycles. The first-order chi connectivity index (χ1) is 5.43. The second-order valence-electron chi connectivity index (χ2n) is 4.19. The van der Waals surface area contributed by atoms with Gasteiger partial charge in [-0.25, -0.2) is 0 Å². The Morgan fingerprint density at radius 3 is 2.00 bits per heavy atom. The molecule has 0 unspecified atom stereocenters. The van der Waals surface area contributed by atoms with Crippen LogP contribution in [-0.2, 0) is 4.79 Å². The zero-order chi connectivity index (χ0) is 9.72. The number of hydrogen-bond acceptors (Lipinski definition) is 1. The number of nitrogens with one attached hydrogen (secondary N) is 1. The maximum absolute atomic E-state index is 11.2. The fourth-order valence-electron chi connectivity index (χ4n) is 1.18. The molecule has 0 aliphatic heterocycles. The van der Waals surface area contributed by atoms with Crippen molar-refractivity contribution in [3.05, 3.63) is 0 Å². The monoisotopic (exact) mass is 171 g/mol. The van der Waals surface area contributed by atoms with Gasteiger partial charge >= 0.3 is 0 Å². The molecule has 0 aromatic heterocycles. The highest BCUT2D eigenvalue weighted by Gasteiger charge is 2.11. The van der Waals surface area contributed by atoms with Gasteiger partial charge in [-0.1, -0.05) is 27.7 Å². The summed E-state index contributed by atoms with van der Waals surface area (Å²) in [5.74, 6) is 0.898. The highest BCUT2D eigenvalue weighted by Crippen LogP contribution is 2.04. The summed E-state index contributed by atoms with van der Waals surface area (Å²) in [6, 6.07) is 0.305. The summed E-state index contributed by atoms with van der Waals surface area (Å²) in [6.45, 7) is 10.2. The average Bonchev–Trinajstić information content (AvgIpc) is 1.84. The lowest BCUT2D eigenvalue weighted by atomic mass is 10.0. The highest BCUT2D eigenvalue weighted by atomic mass is 16.1. The predicted octanol–water partition coefficient (Wildman–Crippen LogP) is 2.19. The van der Waals surface area contributed by atoms with Crippen molar-refractivity contribution in [2.24, 2.45) is 11.8 Å². The molecule has 2 heteroatoms. The molecule has 1 N–H and O–H groups in total. The lowest BCUT2D eigenvalue weighted by Gasteiger charge is -2.17. The minimum atomic E-state index is 0.0969. The predicted molar refractivity (Wildman–Crippen MR) is 51.9 cm³/mol. The van der Waals surface area contributed by atoms with Gasteiger partial charge in [0.25, 0.3) is 0 Å². The van der Waals surface area contributed by atoms with Crippen LogP contribution < -0.4 is 5.32 Å². The molecule has 0 radical (unpaired) electrons. The van der Waals surface area contributed by atoms with Crippen molar-refractivity contribution in [1.82, 2.24) is 5.32 Å². The van der Waals surface area contributed by atoms with Gasteiger partial charge in [-0.15, -0.1) is 0 Å². The molecule has 2 nitrogen and oxygen atoms in total. The quantitative estimate of drug-likeness (QED) is 0.690. The Kier molecular flexibility index (Phi) is 4.95. The molecule has 1 amide bonds. The Hall–Kier alpha value is -0.530. The van der Waals surface area contributed by atoms with Crippen molar-refractivity contribution in [1.29, 1.82) is 0 Å². The summed E-state index contributed by atoms with van der Waals surface area (Å²) < 4.78 is 0. The van der Waals surface area contributed by atoms with E-state index in [2.05, 4.69) is 26.1 Å². The zero-order valence-electron chi connectivity index (χ0n) is 8.85. The number of carbonyl (C=O) groups excluding carboxylic acids is 1. The molecular weight excluding hydrogens is 150 g/mol. The van der Waals surface area contributed by atoms with Gasteiger partial charge < -0.3 is 5.32 Å². The first kappa shape index (κ1) is 11.5. The van der Waals surface area contributed by atoms with Crippen LogP contribution >= 0.6 is 0 Å². The van der Waals surface area contributed by atoms with E-state index in [4.69, 9.17) is 0 Å². The van der Waals surface area contributed by atoms with Gasteiger partial charge in [0.15, 0.2) is 0 Å². The standard InChI is InChI=1S/C10H21NO/c1-7(2)6-9(5)11-10(12)8(3)4/h7-9H,6H2,1-5H3,(H,11,12)/t9-/m0/s1. The van der Waals surface area contributed by atoms with Gasteiger partial charge in [-0.05, 0) is 19.3 Å². The molecule has 72 valence electrons. The summed E-state index contributed by atoms with van der Waals surface area (Å²) in [5, 5.41) is 2.97. The third-order valence-electron chi connectivity index (χ3n) is 1.74. The fourth-order valence-corrected chi connectivity index (χ4v) is 1.18. The van der Waals surface area contributed by atoms with Crippen molar-refractivity contribution >= 4 is 5.91 Å². The minimum Gasteiger partial charge on any atom is -0.353 e. The van der Waals surface area contributed by atoms with Crippen LogP contribution in [0.5, 0.6) is 0 Å². The Labute approximate surface area is 75.7 Å². The van der Waals surface area contributed by atoms with Crippen molar-refractivity contribution in [3.63, 3.8) is 0 Å². The molecule has 0 heterocycles.